The maximum Gasteiger partial charge on any atom is 0.343 e. The third kappa shape index (κ3) is 3.15. The molecule has 1 aliphatic carbocycles. The van der Waals surface area contributed by atoms with Crippen molar-refractivity contribution in [3.05, 3.63) is 63.7 Å². The highest BCUT2D eigenvalue weighted by Gasteiger charge is 2.41. The van der Waals surface area contributed by atoms with E-state index in [2.05, 4.69) is 13.8 Å². The van der Waals surface area contributed by atoms with Gasteiger partial charge in [0.1, 0.15) is 11.5 Å². The van der Waals surface area contributed by atoms with Crippen LogP contribution < -0.4 is 10.4 Å². The maximum absolute atomic E-state index is 12.7. The Hall–Kier alpha value is -2.29. The average molecular weight is 336 g/mol. The Kier molecular flexibility index (Phi) is 4.24. The highest BCUT2D eigenvalue weighted by atomic mass is 16.5. The van der Waals surface area contributed by atoms with Gasteiger partial charge in [0, 0.05) is 12.0 Å². The van der Waals surface area contributed by atoms with Crippen molar-refractivity contribution in [2.24, 2.45) is 11.8 Å². The molecule has 4 rings (SSSR count). The molecule has 1 aromatic carbocycles. The van der Waals surface area contributed by atoms with Crippen LogP contribution in [0.4, 0.5) is 0 Å². The topological polar surface area (TPSA) is 39.4 Å². The highest BCUT2D eigenvalue weighted by molar-refractivity contribution is 5.67. The summed E-state index contributed by atoms with van der Waals surface area (Å²) in [6.45, 7) is 4.50. The summed E-state index contributed by atoms with van der Waals surface area (Å²) in [6.07, 6.45) is 7.17. The van der Waals surface area contributed by atoms with Gasteiger partial charge in [0.05, 0.1) is 11.7 Å². The maximum atomic E-state index is 12.7. The molecule has 0 amide bonds. The van der Waals surface area contributed by atoms with Crippen molar-refractivity contribution in [2.45, 2.75) is 45.1 Å². The van der Waals surface area contributed by atoms with Crippen LogP contribution >= 0.6 is 0 Å². The van der Waals surface area contributed by atoms with Crippen LogP contribution in [0.25, 0.3) is 12.2 Å². The van der Waals surface area contributed by atoms with Crippen LogP contribution in [-0.4, -0.2) is 6.10 Å². The van der Waals surface area contributed by atoms with Gasteiger partial charge in [-0.15, -0.1) is 0 Å². The van der Waals surface area contributed by atoms with E-state index in [1.54, 1.807) is 0 Å². The molecular formula is C22H24O3. The fourth-order valence-corrected chi connectivity index (χ4v) is 4.33. The zero-order chi connectivity index (χ0) is 17.4. The van der Waals surface area contributed by atoms with Crippen molar-refractivity contribution in [1.82, 2.24) is 0 Å². The monoisotopic (exact) mass is 336 g/mol. The van der Waals surface area contributed by atoms with Crippen molar-refractivity contribution in [1.29, 1.82) is 0 Å². The Morgan fingerprint density at radius 1 is 1.12 bits per heavy atom. The predicted octanol–water partition coefficient (Wildman–Crippen LogP) is 5.11. The number of ether oxygens (including phenoxy) is 1. The lowest BCUT2D eigenvalue weighted by molar-refractivity contribution is 0.0709. The molecule has 0 saturated heterocycles. The standard InChI is InChI=1S/C22H24O3/c1-14(2)18-11-10-16-12-19(18)21-20(24-16)13-17(25-22(21)23)9-8-15-6-4-3-5-7-15/h3-9,13-14,16,18-19H,10-12H2,1-2H3/b9-8+. The average Bonchev–Trinajstić information content (AvgIpc) is 2.60. The zero-order valence-electron chi connectivity index (χ0n) is 14.8. The normalized spacial score (nSPS) is 25.0. The summed E-state index contributed by atoms with van der Waals surface area (Å²) in [5.74, 6) is 2.65. The molecule has 2 bridgehead atoms. The first-order chi connectivity index (χ1) is 12.1. The van der Waals surface area contributed by atoms with Gasteiger partial charge >= 0.3 is 5.63 Å². The molecule has 2 aromatic rings. The van der Waals surface area contributed by atoms with Gasteiger partial charge in [-0.25, -0.2) is 4.79 Å². The van der Waals surface area contributed by atoms with E-state index < -0.39 is 0 Å². The van der Waals surface area contributed by atoms with Crippen LogP contribution in [0.1, 0.15) is 55.9 Å². The summed E-state index contributed by atoms with van der Waals surface area (Å²) in [7, 11) is 0. The summed E-state index contributed by atoms with van der Waals surface area (Å²) in [6, 6.07) is 11.9. The van der Waals surface area contributed by atoms with Crippen LogP contribution in [-0.2, 0) is 0 Å². The van der Waals surface area contributed by atoms with Crippen molar-refractivity contribution in [3.8, 4) is 5.75 Å². The second-order valence-electron chi connectivity index (χ2n) is 7.53. The Balaban J connectivity index is 1.69. The smallest absolute Gasteiger partial charge is 0.343 e. The van der Waals surface area contributed by atoms with E-state index in [1.807, 2.05) is 48.6 Å². The summed E-state index contributed by atoms with van der Waals surface area (Å²) < 4.78 is 11.7. The fourth-order valence-electron chi connectivity index (χ4n) is 4.33. The number of hydrogen-bond acceptors (Lipinski definition) is 3. The Labute approximate surface area is 148 Å². The molecule has 1 aliphatic heterocycles. The summed E-state index contributed by atoms with van der Waals surface area (Å²) >= 11 is 0. The van der Waals surface area contributed by atoms with Crippen LogP contribution in [0.5, 0.6) is 5.75 Å². The second-order valence-corrected chi connectivity index (χ2v) is 7.53. The minimum atomic E-state index is -0.235. The zero-order valence-corrected chi connectivity index (χ0v) is 14.8. The second kappa shape index (κ2) is 6.55. The van der Waals surface area contributed by atoms with E-state index in [9.17, 15) is 4.79 Å². The highest BCUT2D eigenvalue weighted by Crippen LogP contribution is 2.48. The van der Waals surface area contributed by atoms with Crippen LogP contribution in [0.15, 0.2) is 45.6 Å². The van der Waals surface area contributed by atoms with Gasteiger partial charge in [0.25, 0.3) is 0 Å². The third-order valence-corrected chi connectivity index (χ3v) is 5.59. The lowest BCUT2D eigenvalue weighted by Gasteiger charge is -2.42. The Bertz CT molecular complexity index is 832. The molecule has 1 saturated carbocycles. The molecule has 130 valence electrons. The molecule has 1 aromatic heterocycles. The SMILES string of the molecule is CC(C)C1CCC2CC1c1c(cc(/C=C/c3ccccc3)oc1=O)O2. The fraction of sp³-hybridized carbons (Fsp3) is 0.409. The Morgan fingerprint density at radius 2 is 1.92 bits per heavy atom. The molecule has 3 nitrogen and oxygen atoms in total. The van der Waals surface area contributed by atoms with E-state index in [-0.39, 0.29) is 17.6 Å². The van der Waals surface area contributed by atoms with E-state index in [1.165, 1.54) is 0 Å². The van der Waals surface area contributed by atoms with Gasteiger partial charge in [-0.1, -0.05) is 50.3 Å². The van der Waals surface area contributed by atoms with E-state index >= 15 is 0 Å². The van der Waals surface area contributed by atoms with Gasteiger partial charge in [0.2, 0.25) is 0 Å². The van der Waals surface area contributed by atoms with Crippen molar-refractivity contribution in [3.63, 3.8) is 0 Å². The first-order valence-electron chi connectivity index (χ1n) is 9.19. The summed E-state index contributed by atoms with van der Waals surface area (Å²) in [4.78, 5) is 12.7. The predicted molar refractivity (Wildman–Crippen MR) is 99.7 cm³/mol. The minimum absolute atomic E-state index is 0.235. The number of benzene rings is 1. The van der Waals surface area contributed by atoms with Crippen molar-refractivity contribution in [2.75, 3.05) is 0 Å². The largest absolute Gasteiger partial charge is 0.490 e. The lowest BCUT2D eigenvalue weighted by atomic mass is 9.68. The first kappa shape index (κ1) is 16.2. The number of hydrogen-bond donors (Lipinski definition) is 0. The van der Waals surface area contributed by atoms with Gasteiger partial charge in [-0.3, -0.25) is 0 Å². The van der Waals surface area contributed by atoms with Gasteiger partial charge < -0.3 is 9.15 Å². The van der Waals surface area contributed by atoms with Gasteiger partial charge in [-0.2, -0.15) is 0 Å². The quantitative estimate of drug-likeness (QED) is 0.782. The van der Waals surface area contributed by atoms with Crippen LogP contribution in [0.3, 0.4) is 0 Å². The summed E-state index contributed by atoms with van der Waals surface area (Å²) in [5, 5.41) is 0. The number of rotatable bonds is 3. The van der Waals surface area contributed by atoms with E-state index in [0.717, 1.165) is 36.1 Å². The molecular weight excluding hydrogens is 312 g/mol. The van der Waals surface area contributed by atoms with Crippen molar-refractivity contribution >= 4 is 12.2 Å². The molecule has 3 atom stereocenters. The molecule has 25 heavy (non-hydrogen) atoms. The van der Waals surface area contributed by atoms with Crippen LogP contribution in [0, 0.1) is 11.8 Å². The lowest BCUT2D eigenvalue weighted by Crippen LogP contribution is -2.39. The molecule has 0 N–H and O–H groups in total. The van der Waals surface area contributed by atoms with E-state index in [4.69, 9.17) is 9.15 Å². The summed E-state index contributed by atoms with van der Waals surface area (Å²) in [5.41, 5.74) is 1.59. The first-order valence-corrected chi connectivity index (χ1v) is 9.19. The third-order valence-electron chi connectivity index (χ3n) is 5.59. The van der Waals surface area contributed by atoms with Gasteiger partial charge in [-0.05, 0) is 42.7 Å². The Morgan fingerprint density at radius 3 is 2.68 bits per heavy atom. The van der Waals surface area contributed by atoms with Gasteiger partial charge in [0.15, 0.2) is 0 Å². The molecule has 3 heteroatoms. The molecule has 0 radical (unpaired) electrons. The van der Waals surface area contributed by atoms with E-state index in [0.29, 0.717) is 17.6 Å². The molecule has 3 unspecified atom stereocenters. The molecule has 1 fully saturated rings. The van der Waals surface area contributed by atoms with Crippen LogP contribution in [0.2, 0.25) is 0 Å². The molecule has 2 heterocycles. The van der Waals surface area contributed by atoms with Crippen molar-refractivity contribution < 1.29 is 9.15 Å². The minimum Gasteiger partial charge on any atom is -0.490 e. The number of fused-ring (bicyclic) bond motifs is 4. The molecule has 0 spiro atoms. The molecule has 2 aliphatic rings.